The van der Waals surface area contributed by atoms with Gasteiger partial charge in [-0.2, -0.15) is 5.10 Å². The van der Waals surface area contributed by atoms with Gasteiger partial charge in [0.2, 0.25) is 5.91 Å². The lowest BCUT2D eigenvalue weighted by molar-refractivity contribution is -0.132. The van der Waals surface area contributed by atoms with E-state index in [0.29, 0.717) is 43.2 Å². The van der Waals surface area contributed by atoms with Gasteiger partial charge in [-0.25, -0.2) is 9.80 Å². The molecule has 0 aromatic heterocycles. The summed E-state index contributed by atoms with van der Waals surface area (Å²) >= 11 is 0. The number of nitrogens with zero attached hydrogens (tertiary/aromatic N) is 2. The van der Waals surface area contributed by atoms with Crippen molar-refractivity contribution in [2.45, 2.75) is 33.1 Å². The lowest BCUT2D eigenvalue weighted by Gasteiger charge is -2.29. The minimum atomic E-state index is -0.480. The third-order valence-electron chi connectivity index (χ3n) is 5.58. The normalized spacial score (nSPS) is 15.6. The maximum atomic E-state index is 12.7. The van der Waals surface area contributed by atoms with E-state index < -0.39 is 6.09 Å². The van der Waals surface area contributed by atoms with Crippen molar-refractivity contribution in [2.24, 2.45) is 11.0 Å². The number of rotatable bonds is 9. The average Bonchev–Trinajstić information content (AvgIpc) is 2.83. The number of anilines is 1. The Balaban J connectivity index is 1.73. The second kappa shape index (κ2) is 11.4. The van der Waals surface area contributed by atoms with Crippen molar-refractivity contribution < 1.29 is 23.8 Å². The molecule has 0 saturated heterocycles. The molecular weight excluding hydrogens is 422 g/mol. The van der Waals surface area contributed by atoms with Gasteiger partial charge in [-0.1, -0.05) is 19.1 Å². The summed E-state index contributed by atoms with van der Waals surface area (Å²) in [5.41, 5.74) is 3.50. The third kappa shape index (κ3) is 6.03. The Labute approximate surface area is 194 Å². The number of nitrogens with one attached hydrogen (secondary N) is 1. The van der Waals surface area contributed by atoms with Crippen LogP contribution in [0.1, 0.15) is 37.8 Å². The minimum absolute atomic E-state index is 0.0201. The summed E-state index contributed by atoms with van der Waals surface area (Å²) in [6.07, 6.45) is 1.41. The van der Waals surface area contributed by atoms with E-state index in [0.717, 1.165) is 23.3 Å². The zero-order valence-corrected chi connectivity index (χ0v) is 19.6. The van der Waals surface area contributed by atoms with Crippen LogP contribution in [0.5, 0.6) is 11.5 Å². The molecule has 176 valence electrons. The average molecular weight is 454 g/mol. The summed E-state index contributed by atoms with van der Waals surface area (Å²) in [4.78, 5) is 24.3. The number of hydrazone groups is 1. The Bertz CT molecular complexity index is 1000. The van der Waals surface area contributed by atoms with Crippen molar-refractivity contribution in [3.05, 3.63) is 53.6 Å². The van der Waals surface area contributed by atoms with Crippen molar-refractivity contribution >= 4 is 23.4 Å². The molecule has 8 nitrogen and oxygen atoms in total. The van der Waals surface area contributed by atoms with Crippen LogP contribution in [0, 0.1) is 5.92 Å². The SMILES string of the molecule is CCOC(=O)Nc1ccc(CCN2N=C(c3ccc(OC)c(OC)c3)C(CC)CC2=O)cc1. The maximum Gasteiger partial charge on any atom is 0.411 e. The van der Waals surface area contributed by atoms with Crippen molar-refractivity contribution in [1.82, 2.24) is 5.01 Å². The summed E-state index contributed by atoms with van der Waals surface area (Å²) in [6, 6.07) is 13.2. The van der Waals surface area contributed by atoms with E-state index in [9.17, 15) is 9.59 Å². The first kappa shape index (κ1) is 24.1. The van der Waals surface area contributed by atoms with Crippen LogP contribution in [-0.2, 0) is 16.0 Å². The smallest absolute Gasteiger partial charge is 0.411 e. The Morgan fingerprint density at radius 3 is 2.45 bits per heavy atom. The molecule has 1 atom stereocenters. The summed E-state index contributed by atoms with van der Waals surface area (Å²) in [6.45, 7) is 4.61. The molecule has 1 heterocycles. The molecule has 1 unspecified atom stereocenters. The van der Waals surface area contributed by atoms with Gasteiger partial charge in [0.25, 0.3) is 0 Å². The summed E-state index contributed by atoms with van der Waals surface area (Å²) in [5.74, 6) is 1.36. The molecule has 33 heavy (non-hydrogen) atoms. The molecule has 0 saturated carbocycles. The van der Waals surface area contributed by atoms with Crippen molar-refractivity contribution in [3.8, 4) is 11.5 Å². The number of carbonyl (C=O) groups is 2. The molecule has 2 aromatic rings. The number of ether oxygens (including phenoxy) is 3. The van der Waals surface area contributed by atoms with Gasteiger partial charge in [-0.15, -0.1) is 0 Å². The summed E-state index contributed by atoms with van der Waals surface area (Å²) in [5, 5.41) is 8.97. The minimum Gasteiger partial charge on any atom is -0.493 e. The van der Waals surface area contributed by atoms with E-state index in [1.807, 2.05) is 42.5 Å². The van der Waals surface area contributed by atoms with E-state index in [1.54, 1.807) is 26.2 Å². The molecule has 0 radical (unpaired) electrons. The van der Waals surface area contributed by atoms with Crippen LogP contribution in [-0.4, -0.2) is 50.1 Å². The van der Waals surface area contributed by atoms with Gasteiger partial charge in [0.15, 0.2) is 11.5 Å². The van der Waals surface area contributed by atoms with Gasteiger partial charge in [0, 0.05) is 30.1 Å². The van der Waals surface area contributed by atoms with Gasteiger partial charge in [0.1, 0.15) is 0 Å². The van der Waals surface area contributed by atoms with Crippen LogP contribution in [0.4, 0.5) is 10.5 Å². The van der Waals surface area contributed by atoms with Crippen LogP contribution in [0.3, 0.4) is 0 Å². The molecule has 1 aliphatic rings. The highest BCUT2D eigenvalue weighted by Gasteiger charge is 2.29. The number of hydrogen-bond acceptors (Lipinski definition) is 6. The summed E-state index contributed by atoms with van der Waals surface area (Å²) in [7, 11) is 3.20. The van der Waals surface area contributed by atoms with Crippen LogP contribution in [0.15, 0.2) is 47.6 Å². The topological polar surface area (TPSA) is 89.5 Å². The zero-order chi connectivity index (χ0) is 23.8. The lowest BCUT2D eigenvalue weighted by Crippen LogP contribution is -2.38. The van der Waals surface area contributed by atoms with Gasteiger partial charge >= 0.3 is 6.09 Å². The van der Waals surface area contributed by atoms with E-state index >= 15 is 0 Å². The molecule has 0 aliphatic carbocycles. The van der Waals surface area contributed by atoms with Crippen molar-refractivity contribution in [3.63, 3.8) is 0 Å². The monoisotopic (exact) mass is 453 g/mol. The fraction of sp³-hybridized carbons (Fsp3) is 0.400. The predicted octanol–water partition coefficient (Wildman–Crippen LogP) is 4.48. The largest absolute Gasteiger partial charge is 0.493 e. The third-order valence-corrected chi connectivity index (χ3v) is 5.58. The molecule has 2 amide bonds. The van der Waals surface area contributed by atoms with Crippen molar-refractivity contribution in [1.29, 1.82) is 0 Å². The fourth-order valence-electron chi connectivity index (χ4n) is 3.76. The number of carbonyl (C=O) groups excluding carboxylic acids is 2. The molecular formula is C25H31N3O5. The van der Waals surface area contributed by atoms with Crippen LogP contribution < -0.4 is 14.8 Å². The molecule has 8 heteroatoms. The standard InChI is InChI=1S/C25H31N3O5/c1-5-18-16-23(29)28(27-24(18)19-9-12-21(31-3)22(15-19)32-4)14-13-17-7-10-20(11-8-17)26-25(30)33-6-2/h7-12,15,18H,5-6,13-14,16H2,1-4H3,(H,26,30). The molecule has 0 bridgehead atoms. The quantitative estimate of drug-likeness (QED) is 0.605. The zero-order valence-electron chi connectivity index (χ0n) is 19.6. The summed E-state index contributed by atoms with van der Waals surface area (Å²) < 4.78 is 15.7. The Morgan fingerprint density at radius 2 is 1.82 bits per heavy atom. The lowest BCUT2D eigenvalue weighted by atomic mass is 9.89. The Kier molecular flexibility index (Phi) is 8.29. The molecule has 1 aliphatic heterocycles. The maximum absolute atomic E-state index is 12.7. The van der Waals surface area contributed by atoms with Gasteiger partial charge in [-0.3, -0.25) is 10.1 Å². The second-order valence-electron chi connectivity index (χ2n) is 7.67. The first-order valence-electron chi connectivity index (χ1n) is 11.1. The number of amides is 2. The second-order valence-corrected chi connectivity index (χ2v) is 7.67. The van der Waals surface area contributed by atoms with Crippen LogP contribution >= 0.6 is 0 Å². The molecule has 2 aromatic carbocycles. The molecule has 1 N–H and O–H groups in total. The predicted molar refractivity (Wildman–Crippen MR) is 127 cm³/mol. The van der Waals surface area contributed by atoms with Crippen LogP contribution in [0.25, 0.3) is 0 Å². The van der Waals surface area contributed by atoms with E-state index in [4.69, 9.17) is 19.3 Å². The van der Waals surface area contributed by atoms with E-state index in [2.05, 4.69) is 12.2 Å². The number of methoxy groups -OCH3 is 2. The molecule has 0 fully saturated rings. The highest BCUT2D eigenvalue weighted by atomic mass is 16.5. The fourth-order valence-corrected chi connectivity index (χ4v) is 3.76. The first-order valence-corrected chi connectivity index (χ1v) is 11.1. The van der Waals surface area contributed by atoms with Gasteiger partial charge in [-0.05, 0) is 55.7 Å². The number of hydrogen-bond donors (Lipinski definition) is 1. The number of benzene rings is 2. The highest BCUT2D eigenvalue weighted by molar-refractivity contribution is 6.06. The first-order chi connectivity index (χ1) is 16.0. The molecule has 3 rings (SSSR count). The highest BCUT2D eigenvalue weighted by Crippen LogP contribution is 2.31. The Morgan fingerprint density at radius 1 is 1.09 bits per heavy atom. The van der Waals surface area contributed by atoms with E-state index in [-0.39, 0.29) is 11.8 Å². The van der Waals surface area contributed by atoms with Gasteiger partial charge < -0.3 is 14.2 Å². The van der Waals surface area contributed by atoms with Crippen molar-refractivity contribution in [2.75, 3.05) is 32.7 Å². The van der Waals surface area contributed by atoms with Gasteiger partial charge in [0.05, 0.1) is 26.5 Å². The van der Waals surface area contributed by atoms with E-state index in [1.165, 1.54) is 0 Å². The Hall–Kier alpha value is -3.55. The molecule has 0 spiro atoms. The van der Waals surface area contributed by atoms with Crippen LogP contribution in [0.2, 0.25) is 0 Å².